The molecule has 6 heteroatoms. The summed E-state index contributed by atoms with van der Waals surface area (Å²) in [5.74, 6) is -3.49. The van der Waals surface area contributed by atoms with Gasteiger partial charge in [0.05, 0.1) is 28.7 Å². The van der Waals surface area contributed by atoms with E-state index in [1.54, 1.807) is 0 Å². The fourth-order valence-corrected chi connectivity index (χ4v) is 3.53. The number of carbonyl (C=O) groups is 2. The summed E-state index contributed by atoms with van der Waals surface area (Å²) in [5.41, 5.74) is 7.22. The number of aromatic hydroxyl groups is 1. The summed E-state index contributed by atoms with van der Waals surface area (Å²) in [4.78, 5) is 26.1. The maximum absolute atomic E-state index is 13.1. The molecule has 0 heterocycles. The highest BCUT2D eigenvalue weighted by Gasteiger charge is 2.48. The molecule has 0 radical (unpaired) electrons. The number of Topliss-reactive ketones (excluding diaryl/α,β-unsaturated/α-hetero) is 2. The van der Waals surface area contributed by atoms with Crippen LogP contribution in [0, 0.1) is 11.8 Å². The van der Waals surface area contributed by atoms with E-state index in [1.165, 1.54) is 24.3 Å². The summed E-state index contributed by atoms with van der Waals surface area (Å²) in [6.45, 7) is 0. The Morgan fingerprint density at radius 1 is 0.846 bits per heavy atom. The molecule has 2 aromatic carbocycles. The van der Waals surface area contributed by atoms with Gasteiger partial charge >= 0.3 is 0 Å². The Morgan fingerprint density at radius 3 is 2.27 bits per heavy atom. The highest BCUT2D eigenvalue weighted by molar-refractivity contribution is 6.21. The van der Waals surface area contributed by atoms with Crippen LogP contribution in [-0.4, -0.2) is 21.8 Å². The van der Waals surface area contributed by atoms with Gasteiger partial charge in [-0.25, -0.2) is 0 Å². The predicted molar refractivity (Wildman–Crippen MR) is 96.5 cm³/mol. The highest BCUT2D eigenvalue weighted by Crippen LogP contribution is 2.44. The zero-order chi connectivity index (χ0) is 18.4. The second-order valence-corrected chi connectivity index (χ2v) is 6.32. The Bertz CT molecular complexity index is 992. The summed E-state index contributed by atoms with van der Waals surface area (Å²) in [5, 5.41) is 23.5. The summed E-state index contributed by atoms with van der Waals surface area (Å²) < 4.78 is 0. The van der Waals surface area contributed by atoms with E-state index in [1.807, 2.05) is 30.3 Å². The Hall–Kier alpha value is -3.54. The van der Waals surface area contributed by atoms with E-state index in [0.29, 0.717) is 5.69 Å². The van der Waals surface area contributed by atoms with Crippen molar-refractivity contribution >= 4 is 22.9 Å². The number of benzene rings is 2. The van der Waals surface area contributed by atoms with E-state index in [0.717, 1.165) is 5.69 Å². The zero-order valence-corrected chi connectivity index (χ0v) is 13.6. The lowest BCUT2D eigenvalue weighted by atomic mass is 9.69. The number of aliphatic hydroxyl groups excluding tert-OH is 1. The van der Waals surface area contributed by atoms with Crippen LogP contribution in [0.2, 0.25) is 0 Å². The van der Waals surface area contributed by atoms with Crippen molar-refractivity contribution in [3.05, 3.63) is 77.2 Å². The molecule has 0 bridgehead atoms. The third kappa shape index (κ3) is 2.27. The standard InChI is InChI=1S/C20H16N2O4/c21-11-6-8-13(23)17-15(11)19(25)18-14(24)9-7-12(16(18)20(17)26)22-10-4-2-1-3-5-10/h1-9,15,17,22-24H,21H2/t15-,17+/m1/s1. The molecular weight excluding hydrogens is 332 g/mol. The molecular formula is C20H16N2O4. The summed E-state index contributed by atoms with van der Waals surface area (Å²) >= 11 is 0. The number of hydrogen-bond donors (Lipinski definition) is 4. The van der Waals surface area contributed by atoms with Crippen molar-refractivity contribution in [3.8, 4) is 5.75 Å². The number of aliphatic hydroxyl groups is 1. The van der Waals surface area contributed by atoms with E-state index in [-0.39, 0.29) is 28.3 Å². The van der Waals surface area contributed by atoms with Gasteiger partial charge in [0, 0.05) is 11.4 Å². The second kappa shape index (κ2) is 5.77. The number of phenolic OH excluding ortho intramolecular Hbond substituents is 1. The average Bonchev–Trinajstić information content (AvgIpc) is 2.63. The average molecular weight is 348 g/mol. The van der Waals surface area contributed by atoms with Gasteiger partial charge in [0.1, 0.15) is 11.5 Å². The molecule has 6 nitrogen and oxygen atoms in total. The number of nitrogens with one attached hydrogen (secondary N) is 1. The molecule has 0 aromatic heterocycles. The Morgan fingerprint density at radius 2 is 1.54 bits per heavy atom. The molecule has 2 atom stereocenters. The van der Waals surface area contributed by atoms with Crippen molar-refractivity contribution in [2.45, 2.75) is 0 Å². The topological polar surface area (TPSA) is 113 Å². The van der Waals surface area contributed by atoms with Crippen LogP contribution in [0.1, 0.15) is 20.7 Å². The Balaban J connectivity index is 1.90. The summed E-state index contributed by atoms with van der Waals surface area (Å²) in [7, 11) is 0. The molecule has 0 amide bonds. The lowest BCUT2D eigenvalue weighted by molar-refractivity contribution is 0.0746. The number of para-hydroxylation sites is 1. The molecule has 0 fully saturated rings. The van der Waals surface area contributed by atoms with Crippen LogP contribution in [0.3, 0.4) is 0 Å². The van der Waals surface area contributed by atoms with Crippen molar-refractivity contribution in [2.24, 2.45) is 17.6 Å². The smallest absolute Gasteiger partial charge is 0.177 e. The quantitative estimate of drug-likeness (QED) is 0.621. The van der Waals surface area contributed by atoms with Crippen LogP contribution < -0.4 is 11.1 Å². The van der Waals surface area contributed by atoms with Crippen molar-refractivity contribution in [1.82, 2.24) is 0 Å². The van der Waals surface area contributed by atoms with E-state index in [4.69, 9.17) is 5.73 Å². The first-order chi connectivity index (χ1) is 12.5. The maximum Gasteiger partial charge on any atom is 0.177 e. The molecule has 26 heavy (non-hydrogen) atoms. The molecule has 0 unspecified atom stereocenters. The van der Waals surface area contributed by atoms with Crippen LogP contribution >= 0.6 is 0 Å². The molecule has 0 saturated heterocycles. The minimum Gasteiger partial charge on any atom is -0.512 e. The minimum absolute atomic E-state index is 0.0646. The third-order valence-electron chi connectivity index (χ3n) is 4.75. The number of nitrogens with two attached hydrogens (primary N) is 1. The van der Waals surface area contributed by atoms with Crippen LogP contribution in [-0.2, 0) is 0 Å². The maximum atomic E-state index is 13.1. The van der Waals surface area contributed by atoms with Crippen molar-refractivity contribution in [3.63, 3.8) is 0 Å². The largest absolute Gasteiger partial charge is 0.512 e. The number of fused-ring (bicyclic) bond motifs is 2. The molecule has 2 aliphatic rings. The van der Waals surface area contributed by atoms with Gasteiger partial charge in [0.2, 0.25) is 0 Å². The Kier molecular flexibility index (Phi) is 3.54. The number of ketones is 2. The highest BCUT2D eigenvalue weighted by atomic mass is 16.3. The Labute approximate surface area is 149 Å². The van der Waals surface area contributed by atoms with Gasteiger partial charge in [0.25, 0.3) is 0 Å². The van der Waals surface area contributed by atoms with Gasteiger partial charge in [-0.05, 0) is 36.4 Å². The fraction of sp³-hybridized carbons (Fsp3) is 0.100. The molecule has 2 aliphatic carbocycles. The van der Waals surface area contributed by atoms with Crippen molar-refractivity contribution in [2.75, 3.05) is 5.32 Å². The van der Waals surface area contributed by atoms with Crippen LogP contribution in [0.25, 0.3) is 0 Å². The van der Waals surface area contributed by atoms with Crippen molar-refractivity contribution in [1.29, 1.82) is 0 Å². The van der Waals surface area contributed by atoms with Crippen molar-refractivity contribution < 1.29 is 19.8 Å². The molecule has 0 aliphatic heterocycles. The first-order valence-corrected chi connectivity index (χ1v) is 8.11. The van der Waals surface area contributed by atoms with Crippen LogP contribution in [0.15, 0.2) is 66.1 Å². The second-order valence-electron chi connectivity index (χ2n) is 6.32. The fourth-order valence-electron chi connectivity index (χ4n) is 3.53. The first kappa shape index (κ1) is 16.0. The molecule has 130 valence electrons. The van der Waals surface area contributed by atoms with Gasteiger partial charge in [-0.1, -0.05) is 18.2 Å². The SMILES string of the molecule is NC1=CC=C(O)[C@@H]2C(=O)c3c(Nc4ccccc4)ccc(O)c3C(=O)[C@H]12. The van der Waals surface area contributed by atoms with E-state index < -0.39 is 23.4 Å². The zero-order valence-electron chi connectivity index (χ0n) is 13.6. The summed E-state index contributed by atoms with van der Waals surface area (Å²) in [6, 6.07) is 12.1. The molecule has 0 saturated carbocycles. The minimum atomic E-state index is -1.07. The van der Waals surface area contributed by atoms with Gasteiger partial charge in [-0.3, -0.25) is 9.59 Å². The van der Waals surface area contributed by atoms with Gasteiger partial charge < -0.3 is 21.3 Å². The summed E-state index contributed by atoms with van der Waals surface area (Å²) in [6.07, 6.45) is 2.75. The molecule has 4 rings (SSSR count). The lowest BCUT2D eigenvalue weighted by Crippen LogP contribution is -2.42. The number of rotatable bonds is 2. The number of allylic oxidation sites excluding steroid dienone is 4. The number of anilines is 2. The van der Waals surface area contributed by atoms with Gasteiger partial charge in [-0.15, -0.1) is 0 Å². The van der Waals surface area contributed by atoms with E-state index in [9.17, 15) is 19.8 Å². The van der Waals surface area contributed by atoms with Crippen LogP contribution in [0.4, 0.5) is 11.4 Å². The number of carbonyl (C=O) groups excluding carboxylic acids is 2. The lowest BCUT2D eigenvalue weighted by Gasteiger charge is -2.33. The molecule has 5 N–H and O–H groups in total. The monoisotopic (exact) mass is 348 g/mol. The van der Waals surface area contributed by atoms with Gasteiger partial charge in [0.15, 0.2) is 11.6 Å². The van der Waals surface area contributed by atoms with Gasteiger partial charge in [-0.2, -0.15) is 0 Å². The van der Waals surface area contributed by atoms with E-state index >= 15 is 0 Å². The van der Waals surface area contributed by atoms with E-state index in [2.05, 4.69) is 5.32 Å². The predicted octanol–water partition coefficient (Wildman–Crippen LogP) is 3.05. The molecule has 2 aromatic rings. The third-order valence-corrected chi connectivity index (χ3v) is 4.75. The van der Waals surface area contributed by atoms with Crippen LogP contribution in [0.5, 0.6) is 5.75 Å². The number of hydrogen-bond acceptors (Lipinski definition) is 6. The first-order valence-electron chi connectivity index (χ1n) is 8.11. The number of phenols is 1. The normalized spacial score (nSPS) is 21.4. The molecule has 0 spiro atoms.